The molecule has 0 aliphatic carbocycles. The Morgan fingerprint density at radius 3 is 2.08 bits per heavy atom. The topological polar surface area (TPSA) is 64.6 Å². The number of carbonyl (C=O) groups excluding carboxylic acids is 2. The van der Waals surface area contributed by atoms with Gasteiger partial charge < -0.3 is 14.8 Å². The van der Waals surface area contributed by atoms with Crippen molar-refractivity contribution in [2.24, 2.45) is 0 Å². The molecule has 0 bridgehead atoms. The first-order chi connectivity index (χ1) is 12.3. The Balaban J connectivity index is 1.74. The van der Waals surface area contributed by atoms with Crippen LogP contribution in [0.4, 0.5) is 13.2 Å². The van der Waals surface area contributed by atoms with Crippen LogP contribution in [0.3, 0.4) is 0 Å². The lowest BCUT2D eigenvalue weighted by Crippen LogP contribution is -2.37. The number of para-hydroxylation sites is 2. The van der Waals surface area contributed by atoms with Crippen LogP contribution in [0.1, 0.15) is 17.0 Å². The number of esters is 1. The molecule has 1 amide bonds. The number of hydrogen-bond acceptors (Lipinski definition) is 4. The number of halogens is 3. The summed E-state index contributed by atoms with van der Waals surface area (Å²) in [5.41, 5.74) is 1.12. The summed E-state index contributed by atoms with van der Waals surface area (Å²) in [4.78, 5) is 24.0. The SMILES string of the molecule is O=C(COC(=O)C1c2ccccc2Oc2ccccc21)NCC(F)(F)F. The van der Waals surface area contributed by atoms with Gasteiger partial charge in [-0.2, -0.15) is 13.2 Å². The molecule has 0 saturated heterocycles. The van der Waals surface area contributed by atoms with Crippen LogP contribution in [0.15, 0.2) is 48.5 Å². The second-order valence-electron chi connectivity index (χ2n) is 5.61. The van der Waals surface area contributed by atoms with Crippen molar-refractivity contribution in [3.8, 4) is 11.5 Å². The summed E-state index contributed by atoms with van der Waals surface area (Å²) in [6.07, 6.45) is -4.53. The van der Waals surface area contributed by atoms with Crippen LogP contribution in [-0.2, 0) is 14.3 Å². The maximum Gasteiger partial charge on any atom is 0.405 e. The summed E-state index contributed by atoms with van der Waals surface area (Å²) in [7, 11) is 0. The normalized spacial score (nSPS) is 13.2. The smallest absolute Gasteiger partial charge is 0.405 e. The van der Waals surface area contributed by atoms with Crippen LogP contribution in [0.5, 0.6) is 11.5 Å². The van der Waals surface area contributed by atoms with Crippen LogP contribution < -0.4 is 10.1 Å². The molecule has 2 aromatic rings. The molecule has 0 fully saturated rings. The molecule has 0 saturated carbocycles. The molecule has 26 heavy (non-hydrogen) atoms. The van der Waals surface area contributed by atoms with Gasteiger partial charge in [-0.3, -0.25) is 9.59 Å². The van der Waals surface area contributed by atoms with Gasteiger partial charge >= 0.3 is 12.1 Å². The van der Waals surface area contributed by atoms with Gasteiger partial charge in [-0.15, -0.1) is 0 Å². The van der Waals surface area contributed by atoms with Crippen molar-refractivity contribution < 1.29 is 32.2 Å². The molecule has 136 valence electrons. The number of carbonyl (C=O) groups is 2. The van der Waals surface area contributed by atoms with Crippen LogP contribution in [-0.4, -0.2) is 31.2 Å². The molecule has 1 heterocycles. The van der Waals surface area contributed by atoms with Crippen molar-refractivity contribution in [1.82, 2.24) is 5.32 Å². The summed E-state index contributed by atoms with van der Waals surface area (Å²) in [6, 6.07) is 13.7. The highest BCUT2D eigenvalue weighted by Crippen LogP contribution is 2.44. The number of alkyl halides is 3. The first-order valence-corrected chi connectivity index (χ1v) is 7.71. The zero-order chi connectivity index (χ0) is 18.7. The Labute approximate surface area is 146 Å². The Bertz CT molecular complexity index is 790. The first-order valence-electron chi connectivity index (χ1n) is 7.71. The molecule has 2 aromatic carbocycles. The van der Waals surface area contributed by atoms with E-state index in [0.717, 1.165) is 0 Å². The molecular weight excluding hydrogens is 351 g/mol. The van der Waals surface area contributed by atoms with Gasteiger partial charge in [-0.05, 0) is 12.1 Å². The van der Waals surface area contributed by atoms with E-state index in [9.17, 15) is 22.8 Å². The highest BCUT2D eigenvalue weighted by atomic mass is 19.4. The number of nitrogens with one attached hydrogen (secondary N) is 1. The molecule has 0 unspecified atom stereocenters. The largest absolute Gasteiger partial charge is 0.457 e. The van der Waals surface area contributed by atoms with Crippen molar-refractivity contribution in [1.29, 1.82) is 0 Å². The molecule has 1 aliphatic rings. The zero-order valence-corrected chi connectivity index (χ0v) is 13.4. The predicted molar refractivity (Wildman–Crippen MR) is 84.8 cm³/mol. The molecule has 8 heteroatoms. The number of amides is 1. The summed E-state index contributed by atoms with van der Waals surface area (Å²) in [6.45, 7) is -2.27. The van der Waals surface area contributed by atoms with E-state index in [1.165, 1.54) is 0 Å². The second-order valence-corrected chi connectivity index (χ2v) is 5.61. The van der Waals surface area contributed by atoms with Gasteiger partial charge in [0.05, 0.1) is 0 Å². The molecule has 3 rings (SSSR count). The van der Waals surface area contributed by atoms with E-state index in [1.807, 2.05) is 0 Å². The molecule has 1 aliphatic heterocycles. The van der Waals surface area contributed by atoms with Gasteiger partial charge in [-0.1, -0.05) is 36.4 Å². The van der Waals surface area contributed by atoms with E-state index in [-0.39, 0.29) is 0 Å². The third-order valence-corrected chi connectivity index (χ3v) is 3.75. The summed E-state index contributed by atoms with van der Waals surface area (Å²) >= 11 is 0. The second kappa shape index (κ2) is 7.07. The maximum atomic E-state index is 12.5. The number of benzene rings is 2. The predicted octanol–water partition coefficient (Wildman–Crippen LogP) is 3.15. The quantitative estimate of drug-likeness (QED) is 0.846. The maximum absolute atomic E-state index is 12.5. The molecule has 5 nitrogen and oxygen atoms in total. The standard InChI is InChI=1S/C18H14F3NO4/c19-18(20,21)10-22-15(23)9-25-17(24)16-11-5-1-3-7-13(11)26-14-8-4-2-6-12(14)16/h1-8,16H,9-10H2,(H,22,23). The van der Waals surface area contributed by atoms with Crippen molar-refractivity contribution in [2.75, 3.05) is 13.2 Å². The minimum atomic E-state index is -4.53. The molecule has 0 radical (unpaired) electrons. The number of hydrogen-bond donors (Lipinski definition) is 1. The van der Waals surface area contributed by atoms with Crippen molar-refractivity contribution in [2.45, 2.75) is 12.1 Å². The average molecular weight is 365 g/mol. The van der Waals surface area contributed by atoms with E-state index in [4.69, 9.17) is 9.47 Å². The lowest BCUT2D eigenvalue weighted by molar-refractivity contribution is -0.152. The first kappa shape index (κ1) is 17.8. The Morgan fingerprint density at radius 1 is 1.00 bits per heavy atom. The zero-order valence-electron chi connectivity index (χ0n) is 13.4. The lowest BCUT2D eigenvalue weighted by Gasteiger charge is -2.26. The number of ether oxygens (including phenoxy) is 2. The van der Waals surface area contributed by atoms with Gasteiger partial charge in [-0.25, -0.2) is 0 Å². The van der Waals surface area contributed by atoms with E-state index in [1.54, 1.807) is 53.8 Å². The van der Waals surface area contributed by atoms with Gasteiger partial charge in [0.2, 0.25) is 0 Å². The minimum Gasteiger partial charge on any atom is -0.457 e. The van der Waals surface area contributed by atoms with E-state index < -0.39 is 37.1 Å². The molecule has 0 atom stereocenters. The highest BCUT2D eigenvalue weighted by molar-refractivity contribution is 5.87. The van der Waals surface area contributed by atoms with Gasteiger partial charge in [0, 0.05) is 11.1 Å². The fraction of sp³-hybridized carbons (Fsp3) is 0.222. The third kappa shape index (κ3) is 3.96. The van der Waals surface area contributed by atoms with Gasteiger partial charge in [0.15, 0.2) is 6.61 Å². The molecule has 0 spiro atoms. The van der Waals surface area contributed by atoms with Crippen molar-refractivity contribution in [3.63, 3.8) is 0 Å². The summed E-state index contributed by atoms with van der Waals surface area (Å²) in [5.74, 6) is -1.63. The van der Waals surface area contributed by atoms with Crippen LogP contribution in [0, 0.1) is 0 Å². The summed E-state index contributed by atoms with van der Waals surface area (Å²) < 4.78 is 47.0. The van der Waals surface area contributed by atoms with Crippen molar-refractivity contribution in [3.05, 3.63) is 59.7 Å². The van der Waals surface area contributed by atoms with E-state index in [0.29, 0.717) is 22.6 Å². The van der Waals surface area contributed by atoms with Crippen molar-refractivity contribution >= 4 is 11.9 Å². The fourth-order valence-corrected chi connectivity index (χ4v) is 2.63. The van der Waals surface area contributed by atoms with Crippen LogP contribution >= 0.6 is 0 Å². The number of rotatable bonds is 4. The van der Waals surface area contributed by atoms with Gasteiger partial charge in [0.1, 0.15) is 24.0 Å². The summed E-state index contributed by atoms with van der Waals surface area (Å²) in [5, 5.41) is 1.65. The van der Waals surface area contributed by atoms with Crippen LogP contribution in [0.25, 0.3) is 0 Å². The Morgan fingerprint density at radius 2 is 1.54 bits per heavy atom. The minimum absolute atomic E-state index is 0.481. The Kier molecular flexibility index (Phi) is 4.83. The Hall–Kier alpha value is -3.03. The third-order valence-electron chi connectivity index (χ3n) is 3.75. The fourth-order valence-electron chi connectivity index (χ4n) is 2.63. The van der Waals surface area contributed by atoms with Gasteiger partial charge in [0.25, 0.3) is 5.91 Å². The number of fused-ring (bicyclic) bond motifs is 2. The van der Waals surface area contributed by atoms with E-state index >= 15 is 0 Å². The average Bonchev–Trinajstić information content (AvgIpc) is 2.61. The van der Waals surface area contributed by atoms with Crippen LogP contribution in [0.2, 0.25) is 0 Å². The molecule has 1 N–H and O–H groups in total. The van der Waals surface area contributed by atoms with E-state index in [2.05, 4.69) is 0 Å². The molecule has 0 aromatic heterocycles. The highest BCUT2D eigenvalue weighted by Gasteiger charge is 2.34. The lowest BCUT2D eigenvalue weighted by atomic mass is 9.88. The molecular formula is C18H14F3NO4. The monoisotopic (exact) mass is 365 g/mol.